The van der Waals surface area contributed by atoms with Crippen molar-refractivity contribution >= 4 is 17.1 Å². The number of aryl methyl sites for hydroxylation is 1. The molecule has 3 N–H and O–H groups in total. The molecule has 86 valence electrons. The van der Waals surface area contributed by atoms with Gasteiger partial charge in [-0.25, -0.2) is 4.98 Å². The first-order valence-corrected chi connectivity index (χ1v) is 5.58. The molecule has 0 fully saturated rings. The van der Waals surface area contributed by atoms with E-state index in [2.05, 4.69) is 4.98 Å². The number of hydrogen-bond donors (Lipinski definition) is 2. The van der Waals surface area contributed by atoms with Crippen LogP contribution in [0.4, 0.5) is 0 Å². The Morgan fingerprint density at radius 1 is 1.62 bits per heavy atom. The van der Waals surface area contributed by atoms with Crippen molar-refractivity contribution in [2.45, 2.75) is 19.4 Å². The number of aliphatic hydroxyl groups is 1. The molecule has 2 heterocycles. The molecule has 1 unspecified atom stereocenters. The van der Waals surface area contributed by atoms with Gasteiger partial charge < -0.3 is 15.2 Å². The van der Waals surface area contributed by atoms with E-state index in [4.69, 9.17) is 22.4 Å². The number of fused-ring (bicyclic) bond motifs is 1. The lowest BCUT2D eigenvalue weighted by Crippen LogP contribution is -2.14. The summed E-state index contributed by atoms with van der Waals surface area (Å²) < 4.78 is 1.94. The zero-order valence-corrected chi connectivity index (χ0v) is 9.78. The first-order chi connectivity index (χ1) is 7.67. The summed E-state index contributed by atoms with van der Waals surface area (Å²) in [5.74, 6) is 0.920. The number of aliphatic hydroxyl groups excluding tert-OH is 1. The van der Waals surface area contributed by atoms with Crippen molar-refractivity contribution in [1.29, 1.82) is 0 Å². The molecular formula is C11H14ClN3O. The van der Waals surface area contributed by atoms with Crippen molar-refractivity contribution in [3.63, 3.8) is 0 Å². The number of nitrogens with zero attached hydrogens (tertiary/aromatic N) is 2. The van der Waals surface area contributed by atoms with Gasteiger partial charge >= 0.3 is 0 Å². The first kappa shape index (κ1) is 11.4. The monoisotopic (exact) mass is 239 g/mol. The molecule has 0 spiro atoms. The molecule has 0 saturated carbocycles. The predicted molar refractivity (Wildman–Crippen MR) is 63.6 cm³/mol. The minimum Gasteiger partial charge on any atom is -0.394 e. The summed E-state index contributed by atoms with van der Waals surface area (Å²) in [4.78, 5) is 4.26. The summed E-state index contributed by atoms with van der Waals surface area (Å²) in [7, 11) is 0. The molecule has 16 heavy (non-hydrogen) atoms. The van der Waals surface area contributed by atoms with E-state index < -0.39 is 0 Å². The Bertz CT molecular complexity index is 509. The molecule has 0 bridgehead atoms. The van der Waals surface area contributed by atoms with Crippen molar-refractivity contribution in [1.82, 2.24) is 9.38 Å². The minimum absolute atomic E-state index is 0.0808. The van der Waals surface area contributed by atoms with Crippen LogP contribution in [-0.2, 0) is 6.42 Å². The molecule has 2 aromatic heterocycles. The normalized spacial score (nSPS) is 13.2. The van der Waals surface area contributed by atoms with E-state index in [1.807, 2.05) is 29.7 Å². The van der Waals surface area contributed by atoms with E-state index in [0.29, 0.717) is 5.15 Å². The molecule has 0 saturated heterocycles. The van der Waals surface area contributed by atoms with Gasteiger partial charge in [-0.15, -0.1) is 0 Å². The van der Waals surface area contributed by atoms with E-state index in [1.165, 1.54) is 0 Å². The lowest BCUT2D eigenvalue weighted by Gasteiger charge is -2.09. The Labute approximate surface area is 98.7 Å². The Balaban J connectivity index is 2.58. The van der Waals surface area contributed by atoms with Crippen molar-refractivity contribution in [3.8, 4) is 0 Å². The largest absolute Gasteiger partial charge is 0.394 e. The second-order valence-corrected chi connectivity index (χ2v) is 4.03. The summed E-state index contributed by atoms with van der Waals surface area (Å²) >= 11 is 6.04. The summed E-state index contributed by atoms with van der Waals surface area (Å²) in [6.45, 7) is 1.95. The molecule has 1 atom stereocenters. The van der Waals surface area contributed by atoms with Crippen LogP contribution in [0.3, 0.4) is 0 Å². The second kappa shape index (κ2) is 4.41. The van der Waals surface area contributed by atoms with E-state index in [0.717, 1.165) is 23.3 Å². The maximum Gasteiger partial charge on any atom is 0.155 e. The summed E-state index contributed by atoms with van der Waals surface area (Å²) in [6, 6.07) is 3.38. The fourth-order valence-electron chi connectivity index (χ4n) is 1.71. The summed E-state index contributed by atoms with van der Waals surface area (Å²) in [6.07, 6.45) is 2.71. The lowest BCUT2D eigenvalue weighted by molar-refractivity contribution is 0.268. The Morgan fingerprint density at radius 2 is 2.38 bits per heavy atom. The standard InChI is InChI=1S/C11H14ClN3O/c1-2-10-14-11(12)9-5-7(8(13)6-16)3-4-15(9)10/h3-5,8,16H,2,6,13H2,1H3. The van der Waals surface area contributed by atoms with Gasteiger partial charge in [-0.2, -0.15) is 0 Å². The second-order valence-electron chi connectivity index (χ2n) is 3.68. The highest BCUT2D eigenvalue weighted by atomic mass is 35.5. The SMILES string of the molecule is CCc1nc(Cl)c2cc(C(N)CO)ccn12. The van der Waals surface area contributed by atoms with Gasteiger partial charge in [0.1, 0.15) is 5.82 Å². The zero-order chi connectivity index (χ0) is 11.7. The van der Waals surface area contributed by atoms with Crippen molar-refractivity contribution in [2.24, 2.45) is 5.73 Å². The van der Waals surface area contributed by atoms with Gasteiger partial charge in [0.2, 0.25) is 0 Å². The van der Waals surface area contributed by atoms with Crippen LogP contribution < -0.4 is 5.73 Å². The molecule has 5 heteroatoms. The third-order valence-corrected chi connectivity index (χ3v) is 2.91. The number of hydrogen-bond acceptors (Lipinski definition) is 3. The van der Waals surface area contributed by atoms with Crippen molar-refractivity contribution in [2.75, 3.05) is 6.61 Å². The highest BCUT2D eigenvalue weighted by Gasteiger charge is 2.11. The Morgan fingerprint density at radius 3 is 3.00 bits per heavy atom. The molecule has 0 radical (unpaired) electrons. The maximum absolute atomic E-state index is 9.00. The predicted octanol–water partition coefficient (Wildman–Crippen LogP) is 1.54. The van der Waals surface area contributed by atoms with Crippen LogP contribution in [0.5, 0.6) is 0 Å². The van der Waals surface area contributed by atoms with Gasteiger partial charge in [0.25, 0.3) is 0 Å². The number of halogens is 1. The maximum atomic E-state index is 9.00. The fourth-order valence-corrected chi connectivity index (χ4v) is 1.95. The van der Waals surface area contributed by atoms with Crippen LogP contribution >= 0.6 is 11.6 Å². The van der Waals surface area contributed by atoms with Gasteiger partial charge in [0.15, 0.2) is 5.15 Å². The molecule has 0 aliphatic rings. The highest BCUT2D eigenvalue weighted by Crippen LogP contribution is 2.21. The average molecular weight is 240 g/mol. The van der Waals surface area contributed by atoms with Gasteiger partial charge in [0, 0.05) is 12.6 Å². The van der Waals surface area contributed by atoms with Crippen LogP contribution in [0.15, 0.2) is 18.3 Å². The van der Waals surface area contributed by atoms with Crippen LogP contribution in [0.25, 0.3) is 5.52 Å². The molecular weight excluding hydrogens is 226 g/mol. The van der Waals surface area contributed by atoms with Crippen LogP contribution in [0.2, 0.25) is 5.15 Å². The molecule has 4 nitrogen and oxygen atoms in total. The third-order valence-electron chi connectivity index (χ3n) is 2.64. The van der Waals surface area contributed by atoms with E-state index in [-0.39, 0.29) is 12.6 Å². The topological polar surface area (TPSA) is 63.5 Å². The first-order valence-electron chi connectivity index (χ1n) is 5.20. The summed E-state index contributed by atoms with van der Waals surface area (Å²) in [5, 5.41) is 9.48. The zero-order valence-electron chi connectivity index (χ0n) is 9.02. The van der Waals surface area contributed by atoms with Gasteiger partial charge in [0.05, 0.1) is 18.2 Å². The average Bonchev–Trinajstić information content (AvgIpc) is 2.64. The van der Waals surface area contributed by atoms with Crippen molar-refractivity contribution in [3.05, 3.63) is 34.9 Å². The number of imidazole rings is 1. The molecule has 2 rings (SSSR count). The van der Waals surface area contributed by atoms with Gasteiger partial charge in [-0.3, -0.25) is 0 Å². The van der Waals surface area contributed by atoms with Gasteiger partial charge in [-0.1, -0.05) is 18.5 Å². The van der Waals surface area contributed by atoms with Crippen molar-refractivity contribution < 1.29 is 5.11 Å². The third kappa shape index (κ3) is 1.80. The number of aromatic nitrogens is 2. The molecule has 0 aliphatic carbocycles. The number of pyridine rings is 1. The van der Waals surface area contributed by atoms with Gasteiger partial charge in [-0.05, 0) is 17.7 Å². The lowest BCUT2D eigenvalue weighted by atomic mass is 10.1. The highest BCUT2D eigenvalue weighted by molar-refractivity contribution is 6.32. The number of rotatable bonds is 3. The molecule has 0 aliphatic heterocycles. The fraction of sp³-hybridized carbons (Fsp3) is 0.364. The van der Waals surface area contributed by atoms with E-state index >= 15 is 0 Å². The quantitative estimate of drug-likeness (QED) is 0.854. The molecule has 0 amide bonds. The van der Waals surface area contributed by atoms with Crippen LogP contribution in [0, 0.1) is 0 Å². The van der Waals surface area contributed by atoms with Crippen LogP contribution in [0.1, 0.15) is 24.4 Å². The molecule has 2 aromatic rings. The van der Waals surface area contributed by atoms with Crippen LogP contribution in [-0.4, -0.2) is 21.1 Å². The number of nitrogens with two attached hydrogens (primary N) is 1. The van der Waals surface area contributed by atoms with E-state index in [9.17, 15) is 0 Å². The minimum atomic E-state index is -0.374. The smallest absolute Gasteiger partial charge is 0.155 e. The molecule has 0 aromatic carbocycles. The summed E-state index contributed by atoms with van der Waals surface area (Å²) in [5.41, 5.74) is 7.45. The van der Waals surface area contributed by atoms with E-state index in [1.54, 1.807) is 0 Å². The Kier molecular flexibility index (Phi) is 3.14. The Hall–Kier alpha value is -1.10.